The molecule has 0 aromatic heterocycles. The Kier molecular flexibility index (Phi) is 30.2. The van der Waals surface area contributed by atoms with Gasteiger partial charge in [0.05, 0.1) is 6.10 Å². The molecule has 0 aromatic rings. The lowest BCUT2D eigenvalue weighted by Gasteiger charge is -2.17. The average Bonchev–Trinajstić information content (AvgIpc) is 2.86. The van der Waals surface area contributed by atoms with Crippen molar-refractivity contribution >= 4 is 0 Å². The van der Waals surface area contributed by atoms with Crippen molar-refractivity contribution in [1.29, 1.82) is 0 Å². The van der Waals surface area contributed by atoms with E-state index in [0.717, 1.165) is 18.8 Å². The second-order valence-electron chi connectivity index (χ2n) is 11.9. The van der Waals surface area contributed by atoms with E-state index >= 15 is 0 Å². The van der Waals surface area contributed by atoms with Crippen molar-refractivity contribution in [2.24, 2.45) is 5.92 Å². The van der Waals surface area contributed by atoms with Gasteiger partial charge in [0.15, 0.2) is 0 Å². The maximum absolute atomic E-state index is 10.2. The summed E-state index contributed by atoms with van der Waals surface area (Å²) in [4.78, 5) is 0. The summed E-state index contributed by atoms with van der Waals surface area (Å²) >= 11 is 0. The van der Waals surface area contributed by atoms with Gasteiger partial charge >= 0.3 is 0 Å². The van der Waals surface area contributed by atoms with Crippen LogP contribution in [0, 0.1) is 5.92 Å². The lowest BCUT2D eigenvalue weighted by Crippen LogP contribution is -2.06. The zero-order valence-electron chi connectivity index (χ0n) is 25.1. The Bertz CT molecular complexity index is 366. The minimum absolute atomic E-state index is 0.0388. The molecule has 35 heavy (non-hydrogen) atoms. The van der Waals surface area contributed by atoms with E-state index in [-0.39, 0.29) is 6.10 Å². The molecule has 1 nitrogen and oxygen atoms in total. The quantitative estimate of drug-likeness (QED) is 0.0984. The van der Waals surface area contributed by atoms with Gasteiger partial charge in [-0.1, -0.05) is 194 Å². The van der Waals surface area contributed by atoms with E-state index < -0.39 is 0 Å². The number of hydrogen-bond acceptors (Lipinski definition) is 1. The SMILES string of the molecule is CCCCCCCCCCCCCCCCC(CCCC)CCCCCC(O)CCCCCCC. The number of aliphatic hydroxyl groups excluding tert-OH is 1. The van der Waals surface area contributed by atoms with Crippen LogP contribution in [0.4, 0.5) is 0 Å². The van der Waals surface area contributed by atoms with Crippen LogP contribution in [0.3, 0.4) is 0 Å². The molecular weight excluding hydrogens is 424 g/mol. The third-order valence-electron chi connectivity index (χ3n) is 8.22. The van der Waals surface area contributed by atoms with Gasteiger partial charge in [0, 0.05) is 0 Å². The van der Waals surface area contributed by atoms with E-state index in [9.17, 15) is 5.11 Å². The van der Waals surface area contributed by atoms with E-state index in [1.54, 1.807) is 0 Å². The minimum atomic E-state index is -0.0388. The first-order chi connectivity index (χ1) is 17.2. The van der Waals surface area contributed by atoms with Crippen LogP contribution in [0.25, 0.3) is 0 Å². The molecule has 0 heterocycles. The van der Waals surface area contributed by atoms with E-state index in [4.69, 9.17) is 0 Å². The van der Waals surface area contributed by atoms with Gasteiger partial charge in [0.2, 0.25) is 0 Å². The third-order valence-corrected chi connectivity index (χ3v) is 8.22. The van der Waals surface area contributed by atoms with Crippen molar-refractivity contribution in [2.75, 3.05) is 0 Å². The van der Waals surface area contributed by atoms with Gasteiger partial charge in [-0.3, -0.25) is 0 Å². The molecule has 0 spiro atoms. The van der Waals surface area contributed by atoms with Crippen molar-refractivity contribution in [3.8, 4) is 0 Å². The Morgan fingerprint density at radius 1 is 0.314 bits per heavy atom. The summed E-state index contributed by atoms with van der Waals surface area (Å²) in [5.74, 6) is 0.968. The number of aliphatic hydroxyl groups is 1. The van der Waals surface area contributed by atoms with E-state index in [2.05, 4.69) is 20.8 Å². The van der Waals surface area contributed by atoms with E-state index in [1.165, 1.54) is 173 Å². The summed E-state index contributed by atoms with van der Waals surface area (Å²) < 4.78 is 0. The number of rotatable bonds is 30. The number of unbranched alkanes of at least 4 members (excludes halogenated alkanes) is 20. The highest BCUT2D eigenvalue weighted by Gasteiger charge is 2.09. The van der Waals surface area contributed by atoms with Crippen molar-refractivity contribution in [1.82, 2.24) is 0 Å². The maximum Gasteiger partial charge on any atom is 0.0540 e. The number of hydrogen-bond donors (Lipinski definition) is 1. The molecule has 1 N–H and O–H groups in total. The molecule has 212 valence electrons. The summed E-state index contributed by atoms with van der Waals surface area (Å²) in [7, 11) is 0. The van der Waals surface area contributed by atoms with Crippen LogP contribution < -0.4 is 0 Å². The van der Waals surface area contributed by atoms with Crippen molar-refractivity contribution in [3.63, 3.8) is 0 Å². The van der Waals surface area contributed by atoms with Gasteiger partial charge in [-0.25, -0.2) is 0 Å². The Labute approximate surface area is 224 Å². The molecule has 0 aromatic carbocycles. The zero-order chi connectivity index (χ0) is 25.7. The largest absolute Gasteiger partial charge is 0.393 e. The maximum atomic E-state index is 10.2. The molecule has 0 aliphatic rings. The Morgan fingerprint density at radius 3 is 0.943 bits per heavy atom. The summed E-state index contributed by atoms with van der Waals surface area (Å²) in [5, 5.41) is 10.2. The van der Waals surface area contributed by atoms with Gasteiger partial charge in [-0.2, -0.15) is 0 Å². The lowest BCUT2D eigenvalue weighted by atomic mass is 9.90. The van der Waals surface area contributed by atoms with Gasteiger partial charge in [0.25, 0.3) is 0 Å². The fraction of sp³-hybridized carbons (Fsp3) is 1.00. The standard InChI is InChI=1S/C34H70O/c1-4-7-10-12-13-14-15-16-17-18-19-20-22-24-29-33(28-9-6-3)30-25-23-27-32-34(35)31-26-21-11-8-5-2/h33-35H,4-32H2,1-3H3. The predicted octanol–water partition coefficient (Wildman–Crippen LogP) is 12.3. The first-order valence-electron chi connectivity index (χ1n) is 16.9. The Balaban J connectivity index is 3.58. The molecule has 0 fully saturated rings. The van der Waals surface area contributed by atoms with Crippen LogP contribution >= 0.6 is 0 Å². The molecule has 0 radical (unpaired) electrons. The highest BCUT2D eigenvalue weighted by atomic mass is 16.3. The summed E-state index contributed by atoms with van der Waals surface area (Å²) in [6.07, 6.45) is 40.1. The Hall–Kier alpha value is -0.0400. The topological polar surface area (TPSA) is 20.2 Å². The smallest absolute Gasteiger partial charge is 0.0540 e. The monoisotopic (exact) mass is 495 g/mol. The molecule has 0 saturated carbocycles. The van der Waals surface area contributed by atoms with Gasteiger partial charge < -0.3 is 5.11 Å². The normalized spacial score (nSPS) is 13.4. The molecule has 0 aliphatic carbocycles. The summed E-state index contributed by atoms with van der Waals surface area (Å²) in [6.45, 7) is 6.91. The molecule has 0 aliphatic heterocycles. The van der Waals surface area contributed by atoms with Gasteiger partial charge in [-0.15, -0.1) is 0 Å². The highest BCUT2D eigenvalue weighted by Crippen LogP contribution is 2.24. The van der Waals surface area contributed by atoms with Crippen LogP contribution in [-0.2, 0) is 0 Å². The molecule has 0 bridgehead atoms. The van der Waals surface area contributed by atoms with E-state index in [0.29, 0.717) is 0 Å². The van der Waals surface area contributed by atoms with Crippen molar-refractivity contribution in [2.45, 2.75) is 213 Å². The fourth-order valence-electron chi connectivity index (χ4n) is 5.67. The first kappa shape index (κ1) is 35.0. The fourth-order valence-corrected chi connectivity index (χ4v) is 5.67. The predicted molar refractivity (Wildman–Crippen MR) is 160 cm³/mol. The third kappa shape index (κ3) is 28.4. The second kappa shape index (κ2) is 30.2. The lowest BCUT2D eigenvalue weighted by molar-refractivity contribution is 0.147. The van der Waals surface area contributed by atoms with E-state index in [1.807, 2.05) is 0 Å². The Morgan fingerprint density at radius 2 is 0.571 bits per heavy atom. The van der Waals surface area contributed by atoms with Gasteiger partial charge in [0.1, 0.15) is 0 Å². The average molecular weight is 495 g/mol. The van der Waals surface area contributed by atoms with Crippen LogP contribution in [0.5, 0.6) is 0 Å². The van der Waals surface area contributed by atoms with Crippen molar-refractivity contribution < 1.29 is 5.11 Å². The van der Waals surface area contributed by atoms with Crippen molar-refractivity contribution in [3.05, 3.63) is 0 Å². The molecule has 0 saturated heterocycles. The minimum Gasteiger partial charge on any atom is -0.393 e. The molecule has 0 amide bonds. The molecule has 2 atom stereocenters. The first-order valence-corrected chi connectivity index (χ1v) is 16.9. The highest BCUT2D eigenvalue weighted by molar-refractivity contribution is 4.63. The molecule has 0 rings (SSSR count). The molecule has 2 unspecified atom stereocenters. The molecular formula is C34H70O. The van der Waals surface area contributed by atoms with Gasteiger partial charge in [-0.05, 0) is 18.8 Å². The summed E-state index contributed by atoms with van der Waals surface area (Å²) in [5.41, 5.74) is 0. The van der Waals surface area contributed by atoms with Crippen LogP contribution in [0.2, 0.25) is 0 Å². The van der Waals surface area contributed by atoms with Crippen LogP contribution in [0.15, 0.2) is 0 Å². The zero-order valence-corrected chi connectivity index (χ0v) is 25.1. The van der Waals surface area contributed by atoms with Crippen LogP contribution in [-0.4, -0.2) is 11.2 Å². The summed E-state index contributed by atoms with van der Waals surface area (Å²) in [6, 6.07) is 0. The second-order valence-corrected chi connectivity index (χ2v) is 11.9. The van der Waals surface area contributed by atoms with Crippen LogP contribution in [0.1, 0.15) is 207 Å². The molecule has 1 heteroatoms.